The fourth-order valence-corrected chi connectivity index (χ4v) is 3.05. The lowest BCUT2D eigenvalue weighted by atomic mass is 9.96. The zero-order chi connectivity index (χ0) is 14.4. The van der Waals surface area contributed by atoms with Crippen molar-refractivity contribution in [2.24, 2.45) is 11.7 Å². The van der Waals surface area contributed by atoms with E-state index in [0.717, 1.165) is 13.0 Å². The van der Waals surface area contributed by atoms with Gasteiger partial charge in [-0.2, -0.15) is 0 Å². The predicted octanol–water partition coefficient (Wildman–Crippen LogP) is 2.73. The molecular weight excluding hydrogens is 248 g/mol. The summed E-state index contributed by atoms with van der Waals surface area (Å²) < 4.78 is 0. The molecule has 1 aliphatic rings. The SMILES string of the molecule is C[C@@H](CC(N)=O)Cc1cccc(CN2CCCCC2)c1. The van der Waals surface area contributed by atoms with Gasteiger partial charge in [-0.25, -0.2) is 0 Å². The van der Waals surface area contributed by atoms with Crippen LogP contribution in [0, 0.1) is 5.92 Å². The number of nitrogens with zero attached hydrogens (tertiary/aromatic N) is 1. The van der Waals surface area contributed by atoms with Gasteiger partial charge in [0.25, 0.3) is 0 Å². The molecule has 0 radical (unpaired) electrons. The molecule has 0 aliphatic carbocycles. The Labute approximate surface area is 122 Å². The van der Waals surface area contributed by atoms with Gasteiger partial charge in [0.1, 0.15) is 0 Å². The highest BCUT2D eigenvalue weighted by Gasteiger charge is 2.11. The van der Waals surface area contributed by atoms with E-state index in [9.17, 15) is 4.79 Å². The van der Waals surface area contributed by atoms with Crippen LogP contribution in [0.25, 0.3) is 0 Å². The molecule has 0 bridgehead atoms. The normalized spacial score (nSPS) is 17.9. The molecular formula is C17H26N2O. The predicted molar refractivity (Wildman–Crippen MR) is 82.2 cm³/mol. The standard InChI is InChI=1S/C17H26N2O/c1-14(11-17(18)20)10-15-6-5-7-16(12-15)13-19-8-3-2-4-9-19/h5-7,12,14H,2-4,8-11,13H2,1H3,(H2,18,20)/t14-/m1/s1. The lowest BCUT2D eigenvalue weighted by Crippen LogP contribution is -2.29. The molecule has 2 rings (SSSR count). The van der Waals surface area contributed by atoms with E-state index >= 15 is 0 Å². The monoisotopic (exact) mass is 274 g/mol. The van der Waals surface area contributed by atoms with Crippen LogP contribution in [0.15, 0.2) is 24.3 Å². The molecule has 3 heteroatoms. The highest BCUT2D eigenvalue weighted by Crippen LogP contribution is 2.16. The number of likely N-dealkylation sites (tertiary alicyclic amines) is 1. The van der Waals surface area contributed by atoms with Crippen molar-refractivity contribution >= 4 is 5.91 Å². The summed E-state index contributed by atoms with van der Waals surface area (Å²) in [7, 11) is 0. The molecule has 1 aromatic carbocycles. The Morgan fingerprint density at radius 3 is 2.65 bits per heavy atom. The Bertz CT molecular complexity index is 438. The molecule has 1 aromatic rings. The van der Waals surface area contributed by atoms with Gasteiger partial charge in [0, 0.05) is 13.0 Å². The van der Waals surface area contributed by atoms with Gasteiger partial charge in [0.15, 0.2) is 0 Å². The Morgan fingerprint density at radius 2 is 1.95 bits per heavy atom. The molecule has 110 valence electrons. The summed E-state index contributed by atoms with van der Waals surface area (Å²) in [6, 6.07) is 8.77. The molecule has 0 unspecified atom stereocenters. The van der Waals surface area contributed by atoms with Crippen molar-refractivity contribution in [2.75, 3.05) is 13.1 Å². The number of piperidine rings is 1. The van der Waals surface area contributed by atoms with E-state index in [0.29, 0.717) is 12.3 Å². The molecule has 1 atom stereocenters. The first kappa shape index (κ1) is 15.0. The molecule has 0 spiro atoms. The first-order valence-electron chi connectivity index (χ1n) is 7.72. The highest BCUT2D eigenvalue weighted by molar-refractivity contribution is 5.73. The number of carbonyl (C=O) groups is 1. The summed E-state index contributed by atoms with van der Waals surface area (Å²) in [6.07, 6.45) is 5.43. The average molecular weight is 274 g/mol. The molecule has 20 heavy (non-hydrogen) atoms. The van der Waals surface area contributed by atoms with Gasteiger partial charge in [-0.15, -0.1) is 0 Å². The van der Waals surface area contributed by atoms with Crippen molar-refractivity contribution in [1.29, 1.82) is 0 Å². The van der Waals surface area contributed by atoms with Crippen molar-refractivity contribution in [2.45, 2.75) is 45.6 Å². The van der Waals surface area contributed by atoms with Crippen LogP contribution in [0.1, 0.15) is 43.7 Å². The van der Waals surface area contributed by atoms with Crippen molar-refractivity contribution in [3.8, 4) is 0 Å². The van der Waals surface area contributed by atoms with Crippen molar-refractivity contribution < 1.29 is 4.79 Å². The van der Waals surface area contributed by atoms with E-state index in [-0.39, 0.29) is 5.91 Å². The topological polar surface area (TPSA) is 46.3 Å². The maximum absolute atomic E-state index is 10.9. The van der Waals surface area contributed by atoms with E-state index in [2.05, 4.69) is 36.1 Å². The Morgan fingerprint density at radius 1 is 1.25 bits per heavy atom. The molecule has 1 fully saturated rings. The summed E-state index contributed by atoms with van der Waals surface area (Å²) in [6.45, 7) is 5.59. The van der Waals surface area contributed by atoms with Crippen LogP contribution < -0.4 is 5.73 Å². The second kappa shape index (κ2) is 7.44. The number of primary amides is 1. The zero-order valence-electron chi connectivity index (χ0n) is 12.5. The van der Waals surface area contributed by atoms with E-state index in [1.807, 2.05) is 0 Å². The minimum Gasteiger partial charge on any atom is -0.370 e. The fourth-order valence-electron chi connectivity index (χ4n) is 3.05. The second-order valence-electron chi connectivity index (χ2n) is 6.14. The molecule has 1 amide bonds. The van der Waals surface area contributed by atoms with Crippen LogP contribution in [-0.4, -0.2) is 23.9 Å². The summed E-state index contributed by atoms with van der Waals surface area (Å²) in [5.41, 5.74) is 7.95. The molecule has 2 N–H and O–H groups in total. The summed E-state index contributed by atoms with van der Waals surface area (Å²) in [5.74, 6) is 0.111. The van der Waals surface area contributed by atoms with Gasteiger partial charge in [0.2, 0.25) is 5.91 Å². The van der Waals surface area contributed by atoms with Gasteiger partial charge in [-0.05, 0) is 49.4 Å². The lowest BCUT2D eigenvalue weighted by molar-refractivity contribution is -0.118. The Balaban J connectivity index is 1.91. The van der Waals surface area contributed by atoms with Crippen LogP contribution in [0.2, 0.25) is 0 Å². The molecule has 1 aliphatic heterocycles. The number of hydrogen-bond donors (Lipinski definition) is 1. The van der Waals surface area contributed by atoms with Crippen LogP contribution in [-0.2, 0) is 17.8 Å². The molecule has 1 saturated heterocycles. The third-order valence-electron chi connectivity index (χ3n) is 3.98. The van der Waals surface area contributed by atoms with Crippen molar-refractivity contribution in [3.63, 3.8) is 0 Å². The fraction of sp³-hybridized carbons (Fsp3) is 0.588. The Kier molecular flexibility index (Phi) is 5.60. The number of rotatable bonds is 6. The zero-order valence-corrected chi connectivity index (χ0v) is 12.5. The maximum atomic E-state index is 10.9. The molecule has 0 aromatic heterocycles. The first-order chi connectivity index (χ1) is 9.63. The number of carbonyl (C=O) groups excluding carboxylic acids is 1. The van der Waals surface area contributed by atoms with Crippen LogP contribution in [0.4, 0.5) is 0 Å². The number of hydrogen-bond acceptors (Lipinski definition) is 2. The Hall–Kier alpha value is -1.35. The van der Waals surface area contributed by atoms with Gasteiger partial charge in [-0.3, -0.25) is 9.69 Å². The lowest BCUT2D eigenvalue weighted by Gasteiger charge is -2.26. The minimum atomic E-state index is -0.207. The molecule has 0 saturated carbocycles. The second-order valence-corrected chi connectivity index (χ2v) is 6.14. The van der Waals surface area contributed by atoms with Crippen LogP contribution in [0.3, 0.4) is 0 Å². The average Bonchev–Trinajstić information content (AvgIpc) is 2.39. The smallest absolute Gasteiger partial charge is 0.217 e. The number of nitrogens with two attached hydrogens (primary N) is 1. The van der Waals surface area contributed by atoms with Crippen LogP contribution in [0.5, 0.6) is 0 Å². The number of amides is 1. The van der Waals surface area contributed by atoms with Gasteiger partial charge >= 0.3 is 0 Å². The first-order valence-corrected chi connectivity index (χ1v) is 7.72. The number of benzene rings is 1. The maximum Gasteiger partial charge on any atom is 0.217 e. The highest BCUT2D eigenvalue weighted by atomic mass is 16.1. The van der Waals surface area contributed by atoms with Gasteiger partial charge in [-0.1, -0.05) is 37.6 Å². The van der Waals surface area contributed by atoms with Crippen LogP contribution >= 0.6 is 0 Å². The third kappa shape index (κ3) is 4.97. The quantitative estimate of drug-likeness (QED) is 0.867. The van der Waals surface area contributed by atoms with Gasteiger partial charge in [0.05, 0.1) is 0 Å². The largest absolute Gasteiger partial charge is 0.370 e. The minimum absolute atomic E-state index is 0.207. The summed E-state index contributed by atoms with van der Waals surface area (Å²) in [4.78, 5) is 13.5. The van der Waals surface area contributed by atoms with Gasteiger partial charge < -0.3 is 5.73 Å². The third-order valence-corrected chi connectivity index (χ3v) is 3.98. The van der Waals surface area contributed by atoms with E-state index in [4.69, 9.17) is 5.73 Å². The van der Waals surface area contributed by atoms with E-state index < -0.39 is 0 Å². The molecule has 3 nitrogen and oxygen atoms in total. The summed E-state index contributed by atoms with van der Waals surface area (Å²) >= 11 is 0. The summed E-state index contributed by atoms with van der Waals surface area (Å²) in [5, 5.41) is 0. The molecule has 1 heterocycles. The van der Waals surface area contributed by atoms with E-state index in [1.165, 1.54) is 43.5 Å². The van der Waals surface area contributed by atoms with Crippen molar-refractivity contribution in [1.82, 2.24) is 4.90 Å². The van der Waals surface area contributed by atoms with Crippen molar-refractivity contribution in [3.05, 3.63) is 35.4 Å². The van der Waals surface area contributed by atoms with E-state index in [1.54, 1.807) is 0 Å².